The van der Waals surface area contributed by atoms with Crippen LogP contribution in [-0.2, 0) is 16.0 Å². The van der Waals surface area contributed by atoms with Crippen molar-refractivity contribution in [2.24, 2.45) is 0 Å². The van der Waals surface area contributed by atoms with Gasteiger partial charge in [0.1, 0.15) is 6.04 Å². The van der Waals surface area contributed by atoms with Gasteiger partial charge in [-0.05, 0) is 95.4 Å². The summed E-state index contributed by atoms with van der Waals surface area (Å²) in [6.07, 6.45) is 1.49. The van der Waals surface area contributed by atoms with Gasteiger partial charge >= 0.3 is 5.97 Å². The van der Waals surface area contributed by atoms with Gasteiger partial charge in [-0.25, -0.2) is 0 Å². The van der Waals surface area contributed by atoms with E-state index in [9.17, 15) is 14.4 Å². The Balaban J connectivity index is 1.75. The van der Waals surface area contributed by atoms with E-state index in [0.29, 0.717) is 59.2 Å². The minimum absolute atomic E-state index is 0.0222. The van der Waals surface area contributed by atoms with E-state index in [0.717, 1.165) is 9.13 Å². The van der Waals surface area contributed by atoms with Gasteiger partial charge in [-0.1, -0.05) is 47.5 Å². The molecule has 37 heavy (non-hydrogen) atoms. The Bertz CT molecular complexity index is 1300. The number of carbonyl (C=O) groups is 3. The Labute approximate surface area is 239 Å². The highest BCUT2D eigenvalue weighted by molar-refractivity contribution is 14.1. The van der Waals surface area contributed by atoms with Crippen molar-refractivity contribution < 1.29 is 19.5 Å². The summed E-state index contributed by atoms with van der Waals surface area (Å²) in [7, 11) is 0. The Kier molecular flexibility index (Phi) is 9.10. The second-order valence-electron chi connectivity index (χ2n) is 8.83. The molecule has 2 amide bonds. The van der Waals surface area contributed by atoms with Crippen LogP contribution in [0.25, 0.3) is 0 Å². The average Bonchev–Trinajstić information content (AvgIpc) is 2.95. The molecule has 0 spiro atoms. The minimum atomic E-state index is -0.875. The fraction of sp³-hybridized carbons (Fsp3) is 0.250. The summed E-state index contributed by atoms with van der Waals surface area (Å²) >= 11 is 14.3. The molecule has 0 unspecified atom stereocenters. The molecular formula is C28H25Cl2IN2O4. The van der Waals surface area contributed by atoms with Crippen LogP contribution in [0.15, 0.2) is 66.7 Å². The van der Waals surface area contributed by atoms with Crippen LogP contribution in [0.3, 0.4) is 0 Å². The number of hydrogen-bond donors (Lipinski definition) is 1. The van der Waals surface area contributed by atoms with Crippen molar-refractivity contribution in [1.29, 1.82) is 0 Å². The van der Waals surface area contributed by atoms with Crippen molar-refractivity contribution in [2.45, 2.75) is 31.7 Å². The topological polar surface area (TPSA) is 77.9 Å². The first-order valence-corrected chi connectivity index (χ1v) is 13.7. The third kappa shape index (κ3) is 6.64. The molecule has 0 aliphatic carbocycles. The zero-order valence-corrected chi connectivity index (χ0v) is 23.5. The zero-order chi connectivity index (χ0) is 26.5. The van der Waals surface area contributed by atoms with Crippen LogP contribution < -0.4 is 4.90 Å². The molecule has 1 aliphatic heterocycles. The molecule has 1 aliphatic rings. The molecule has 0 aromatic heterocycles. The van der Waals surface area contributed by atoms with Crippen molar-refractivity contribution in [1.82, 2.24) is 4.90 Å². The van der Waals surface area contributed by atoms with E-state index >= 15 is 0 Å². The maximum Gasteiger partial charge on any atom is 0.303 e. The number of unbranched alkanes of at least 4 members (excludes halogenated alkanes) is 1. The molecule has 0 radical (unpaired) electrons. The fourth-order valence-electron chi connectivity index (χ4n) is 4.46. The number of hydrogen-bond acceptors (Lipinski definition) is 3. The Morgan fingerprint density at radius 3 is 2.19 bits per heavy atom. The van der Waals surface area contributed by atoms with Gasteiger partial charge in [-0.2, -0.15) is 0 Å². The van der Waals surface area contributed by atoms with Crippen molar-refractivity contribution in [3.05, 3.63) is 97.0 Å². The van der Waals surface area contributed by atoms with Crippen molar-refractivity contribution in [2.75, 3.05) is 18.0 Å². The Morgan fingerprint density at radius 1 is 0.892 bits per heavy atom. The molecule has 0 saturated carbocycles. The molecule has 0 bridgehead atoms. The molecule has 0 saturated heterocycles. The highest BCUT2D eigenvalue weighted by Crippen LogP contribution is 2.36. The van der Waals surface area contributed by atoms with Gasteiger partial charge in [0.25, 0.3) is 11.8 Å². The smallest absolute Gasteiger partial charge is 0.303 e. The fourth-order valence-corrected chi connectivity index (χ4v) is 5.21. The standard InChI is InChI=1S/C28H25Cl2IN2O4/c29-20-8-4-18(5-9-20)14-16-33-26(19-6-10-21(30)11-7-19)28(37)32(15-2-1-3-25(34)35)24-13-12-22(31)17-23(24)27(33)36/h4-13,17,26H,1-3,14-16H2,(H,34,35)/t26-/m1/s1. The SMILES string of the molecule is O=C(O)CCCCN1C(=O)[C@@H](c2ccc(Cl)cc2)N(CCc2ccc(Cl)cc2)C(=O)c2cc(I)ccc21. The van der Waals surface area contributed by atoms with Gasteiger partial charge in [-0.3, -0.25) is 14.4 Å². The number of carbonyl (C=O) groups excluding carboxylic acids is 2. The lowest BCUT2D eigenvalue weighted by Gasteiger charge is -2.31. The van der Waals surface area contributed by atoms with E-state index in [1.807, 2.05) is 18.2 Å². The number of fused-ring (bicyclic) bond motifs is 1. The number of anilines is 1. The van der Waals surface area contributed by atoms with Crippen LogP contribution in [0.1, 0.15) is 46.8 Å². The van der Waals surface area contributed by atoms with E-state index < -0.39 is 12.0 Å². The molecular weight excluding hydrogens is 626 g/mol. The molecule has 3 aromatic rings. The summed E-state index contributed by atoms with van der Waals surface area (Å²) in [5.74, 6) is -1.34. The number of rotatable bonds is 9. The highest BCUT2D eigenvalue weighted by atomic mass is 127. The number of halogens is 3. The number of nitrogens with zero attached hydrogens (tertiary/aromatic N) is 2. The normalized spacial score (nSPS) is 15.5. The van der Waals surface area contributed by atoms with Gasteiger partial charge in [0.05, 0.1) is 11.3 Å². The molecule has 4 rings (SSSR count). The van der Waals surface area contributed by atoms with Crippen molar-refractivity contribution in [3.8, 4) is 0 Å². The van der Waals surface area contributed by atoms with E-state index in [1.54, 1.807) is 58.3 Å². The van der Waals surface area contributed by atoms with Gasteiger partial charge in [0.15, 0.2) is 0 Å². The predicted molar refractivity (Wildman–Crippen MR) is 153 cm³/mol. The molecule has 1 N–H and O–H groups in total. The first kappa shape index (κ1) is 27.4. The van der Waals surface area contributed by atoms with Gasteiger partial charge < -0.3 is 14.9 Å². The third-order valence-corrected chi connectivity index (χ3v) is 7.49. The minimum Gasteiger partial charge on any atom is -0.481 e. The molecule has 1 atom stereocenters. The lowest BCUT2D eigenvalue weighted by molar-refractivity contribution is -0.137. The molecule has 192 valence electrons. The summed E-state index contributed by atoms with van der Waals surface area (Å²) in [5, 5.41) is 10.2. The quantitative estimate of drug-likeness (QED) is 0.208. The summed E-state index contributed by atoms with van der Waals surface area (Å²) in [6.45, 7) is 0.624. The first-order valence-electron chi connectivity index (χ1n) is 11.9. The number of benzene rings is 3. The lowest BCUT2D eigenvalue weighted by Crippen LogP contribution is -2.43. The number of carboxylic acids is 1. The van der Waals surface area contributed by atoms with Crippen molar-refractivity contribution in [3.63, 3.8) is 0 Å². The van der Waals surface area contributed by atoms with Crippen LogP contribution >= 0.6 is 45.8 Å². The number of aliphatic carboxylic acids is 1. The second kappa shape index (κ2) is 12.3. The first-order chi connectivity index (χ1) is 17.7. The number of amides is 2. The number of carboxylic acid groups (broad SMARTS) is 1. The molecule has 6 nitrogen and oxygen atoms in total. The third-order valence-electron chi connectivity index (χ3n) is 6.32. The Hall–Kier alpha value is -2.62. The van der Waals surface area contributed by atoms with E-state index in [4.69, 9.17) is 28.3 Å². The van der Waals surface area contributed by atoms with Crippen LogP contribution in [-0.4, -0.2) is 40.9 Å². The van der Waals surface area contributed by atoms with Gasteiger partial charge in [0.2, 0.25) is 0 Å². The summed E-state index contributed by atoms with van der Waals surface area (Å²) in [6, 6.07) is 19.0. The predicted octanol–water partition coefficient (Wildman–Crippen LogP) is 6.63. The molecule has 3 aromatic carbocycles. The largest absolute Gasteiger partial charge is 0.481 e. The van der Waals surface area contributed by atoms with Crippen LogP contribution in [0.5, 0.6) is 0 Å². The highest BCUT2D eigenvalue weighted by Gasteiger charge is 2.40. The maximum absolute atomic E-state index is 14.2. The van der Waals surface area contributed by atoms with Gasteiger partial charge in [-0.15, -0.1) is 0 Å². The van der Waals surface area contributed by atoms with E-state index in [1.165, 1.54) is 0 Å². The van der Waals surface area contributed by atoms with Crippen LogP contribution in [0, 0.1) is 3.57 Å². The summed E-state index contributed by atoms with van der Waals surface area (Å²) in [4.78, 5) is 42.5. The molecule has 0 fully saturated rings. The Morgan fingerprint density at radius 2 is 1.54 bits per heavy atom. The van der Waals surface area contributed by atoms with Gasteiger partial charge in [0, 0.05) is 33.1 Å². The zero-order valence-electron chi connectivity index (χ0n) is 19.9. The molecule has 9 heteroatoms. The summed E-state index contributed by atoms with van der Waals surface area (Å²) < 4.78 is 0.880. The van der Waals surface area contributed by atoms with E-state index in [-0.39, 0.29) is 18.2 Å². The van der Waals surface area contributed by atoms with Crippen LogP contribution in [0.4, 0.5) is 5.69 Å². The molecule has 1 heterocycles. The summed E-state index contributed by atoms with van der Waals surface area (Å²) in [5.41, 5.74) is 2.65. The van der Waals surface area contributed by atoms with E-state index in [2.05, 4.69) is 22.6 Å². The maximum atomic E-state index is 14.2. The lowest BCUT2D eigenvalue weighted by atomic mass is 10.0. The van der Waals surface area contributed by atoms with Crippen LogP contribution in [0.2, 0.25) is 10.0 Å². The second-order valence-corrected chi connectivity index (χ2v) is 10.9. The van der Waals surface area contributed by atoms with Crippen molar-refractivity contribution >= 4 is 69.3 Å². The average molecular weight is 651 g/mol. The monoisotopic (exact) mass is 650 g/mol.